The van der Waals surface area contributed by atoms with Crippen LogP contribution in [0.4, 0.5) is 5.69 Å². The fourth-order valence-electron chi connectivity index (χ4n) is 3.21. The number of nitrogens with zero attached hydrogens (tertiary/aromatic N) is 1. The van der Waals surface area contributed by atoms with Crippen molar-refractivity contribution >= 4 is 23.3 Å². The van der Waals surface area contributed by atoms with E-state index in [2.05, 4.69) is 5.32 Å². The molecule has 2 aromatic heterocycles. The number of rotatable bonds is 6. The Bertz CT molecular complexity index is 1080. The van der Waals surface area contributed by atoms with Crippen molar-refractivity contribution in [3.05, 3.63) is 72.1 Å². The van der Waals surface area contributed by atoms with E-state index in [1.54, 1.807) is 50.2 Å². The number of hydrogen-bond donors (Lipinski definition) is 1. The molecule has 0 aliphatic carbocycles. The molecule has 3 heterocycles. The number of fused-ring (bicyclic) bond motifs is 1. The summed E-state index contributed by atoms with van der Waals surface area (Å²) in [6, 6.07) is 11.4. The first-order chi connectivity index (χ1) is 14.3. The van der Waals surface area contributed by atoms with Gasteiger partial charge in [0, 0.05) is 5.56 Å². The predicted molar refractivity (Wildman–Crippen MR) is 106 cm³/mol. The van der Waals surface area contributed by atoms with Crippen molar-refractivity contribution in [1.29, 1.82) is 0 Å². The van der Waals surface area contributed by atoms with Gasteiger partial charge in [0.05, 0.1) is 24.8 Å². The second-order valence-electron chi connectivity index (χ2n) is 7.35. The smallest absolute Gasteiger partial charge is 0.271 e. The van der Waals surface area contributed by atoms with Gasteiger partial charge in [-0.25, -0.2) is 0 Å². The molecule has 0 fully saturated rings. The third-order valence-corrected chi connectivity index (χ3v) is 4.72. The third kappa shape index (κ3) is 3.71. The average molecular weight is 408 g/mol. The first-order valence-electron chi connectivity index (χ1n) is 9.37. The summed E-state index contributed by atoms with van der Waals surface area (Å²) in [5, 5.41) is 2.72. The van der Waals surface area contributed by atoms with Crippen molar-refractivity contribution in [1.82, 2.24) is 5.32 Å². The molecule has 3 aromatic rings. The van der Waals surface area contributed by atoms with E-state index in [1.807, 2.05) is 0 Å². The maximum atomic E-state index is 13.0. The minimum absolute atomic E-state index is 0.182. The van der Waals surface area contributed by atoms with Gasteiger partial charge in [-0.2, -0.15) is 0 Å². The van der Waals surface area contributed by atoms with Gasteiger partial charge in [-0.15, -0.1) is 0 Å². The summed E-state index contributed by atoms with van der Waals surface area (Å²) < 4.78 is 16.2. The third-order valence-electron chi connectivity index (χ3n) is 4.72. The summed E-state index contributed by atoms with van der Waals surface area (Å²) in [7, 11) is 0. The second-order valence-corrected chi connectivity index (χ2v) is 7.35. The molecule has 0 saturated carbocycles. The van der Waals surface area contributed by atoms with E-state index in [4.69, 9.17) is 13.6 Å². The van der Waals surface area contributed by atoms with Gasteiger partial charge in [0.1, 0.15) is 18.1 Å². The summed E-state index contributed by atoms with van der Waals surface area (Å²) in [6.07, 6.45) is 2.93. The zero-order valence-electron chi connectivity index (χ0n) is 16.5. The molecule has 1 aliphatic rings. The topological polar surface area (TPSA) is 102 Å². The Balaban J connectivity index is 1.61. The molecule has 0 radical (unpaired) electrons. The fraction of sp³-hybridized carbons (Fsp3) is 0.227. The van der Waals surface area contributed by atoms with E-state index >= 15 is 0 Å². The zero-order chi connectivity index (χ0) is 21.3. The molecule has 0 unspecified atom stereocenters. The summed E-state index contributed by atoms with van der Waals surface area (Å²) in [5.41, 5.74) is -0.480. The van der Waals surface area contributed by atoms with Gasteiger partial charge < -0.3 is 18.9 Å². The standard InChI is InChI=1S/C22H20N2O6/c1-22(2)21(27)24(13-19(25)23-12-15-5-3-9-28-15)16-11-14(7-8-17(16)30-22)20(26)18-6-4-10-29-18/h3-11H,12-13H2,1-2H3,(H,23,25). The lowest BCUT2D eigenvalue weighted by Gasteiger charge is -2.38. The minimum atomic E-state index is -1.15. The molecule has 1 N–H and O–H groups in total. The van der Waals surface area contributed by atoms with E-state index in [1.165, 1.54) is 23.5 Å². The predicted octanol–water partition coefficient (Wildman–Crippen LogP) is 2.92. The van der Waals surface area contributed by atoms with Gasteiger partial charge in [-0.3, -0.25) is 19.3 Å². The van der Waals surface area contributed by atoms with Crippen molar-refractivity contribution in [3.8, 4) is 5.75 Å². The van der Waals surface area contributed by atoms with Crippen LogP contribution >= 0.6 is 0 Å². The van der Waals surface area contributed by atoms with E-state index in [0.29, 0.717) is 22.8 Å². The van der Waals surface area contributed by atoms with Crippen LogP contribution in [-0.4, -0.2) is 29.7 Å². The van der Waals surface area contributed by atoms with Crippen LogP contribution in [0, 0.1) is 0 Å². The molecule has 0 saturated heterocycles. The quantitative estimate of drug-likeness (QED) is 0.629. The molecular formula is C22H20N2O6. The van der Waals surface area contributed by atoms with E-state index in [9.17, 15) is 14.4 Å². The van der Waals surface area contributed by atoms with Crippen molar-refractivity contribution in [3.63, 3.8) is 0 Å². The Kier molecular flexibility index (Phi) is 4.91. The van der Waals surface area contributed by atoms with Gasteiger partial charge in [0.2, 0.25) is 11.7 Å². The van der Waals surface area contributed by atoms with Crippen molar-refractivity contribution in [2.45, 2.75) is 26.0 Å². The number of amides is 2. The average Bonchev–Trinajstić information content (AvgIpc) is 3.43. The van der Waals surface area contributed by atoms with Gasteiger partial charge >= 0.3 is 0 Å². The fourth-order valence-corrected chi connectivity index (χ4v) is 3.21. The highest BCUT2D eigenvalue weighted by Gasteiger charge is 2.42. The number of ketones is 1. The number of furan rings is 2. The van der Waals surface area contributed by atoms with Gasteiger partial charge in [-0.1, -0.05) is 0 Å². The van der Waals surface area contributed by atoms with Crippen molar-refractivity contribution in [2.75, 3.05) is 11.4 Å². The summed E-state index contributed by atoms with van der Waals surface area (Å²) in [4.78, 5) is 39.5. The monoisotopic (exact) mass is 408 g/mol. The Morgan fingerprint density at radius 1 is 1.07 bits per heavy atom. The maximum absolute atomic E-state index is 13.0. The number of ether oxygens (including phenoxy) is 1. The normalized spacial score (nSPS) is 14.7. The van der Waals surface area contributed by atoms with Crippen molar-refractivity contribution in [2.24, 2.45) is 0 Å². The number of anilines is 1. The first kappa shape index (κ1) is 19.5. The molecule has 1 aliphatic heterocycles. The van der Waals surface area contributed by atoms with Crippen LogP contribution < -0.4 is 15.0 Å². The minimum Gasteiger partial charge on any atom is -0.476 e. The highest BCUT2D eigenvalue weighted by atomic mass is 16.5. The molecule has 154 valence electrons. The molecule has 2 amide bonds. The van der Waals surface area contributed by atoms with Gasteiger partial charge in [-0.05, 0) is 56.3 Å². The summed E-state index contributed by atoms with van der Waals surface area (Å²) >= 11 is 0. The lowest BCUT2D eigenvalue weighted by atomic mass is 10.0. The molecule has 1 aromatic carbocycles. The van der Waals surface area contributed by atoms with Crippen LogP contribution in [0.1, 0.15) is 35.7 Å². The van der Waals surface area contributed by atoms with Crippen LogP contribution in [0.2, 0.25) is 0 Å². The molecule has 0 bridgehead atoms. The molecule has 0 atom stereocenters. The Hall–Kier alpha value is -3.81. The highest BCUT2D eigenvalue weighted by molar-refractivity contribution is 6.10. The highest BCUT2D eigenvalue weighted by Crippen LogP contribution is 2.38. The van der Waals surface area contributed by atoms with Crippen LogP contribution in [0.3, 0.4) is 0 Å². The molecular weight excluding hydrogens is 388 g/mol. The molecule has 0 spiro atoms. The molecule has 8 heteroatoms. The van der Waals surface area contributed by atoms with Crippen LogP contribution in [-0.2, 0) is 16.1 Å². The molecule has 4 rings (SSSR count). The number of hydrogen-bond acceptors (Lipinski definition) is 6. The van der Waals surface area contributed by atoms with Gasteiger partial charge in [0.15, 0.2) is 11.4 Å². The number of carbonyl (C=O) groups excluding carboxylic acids is 3. The molecule has 8 nitrogen and oxygen atoms in total. The lowest BCUT2D eigenvalue weighted by molar-refractivity contribution is -0.134. The SMILES string of the molecule is CC1(C)Oc2ccc(C(=O)c3ccco3)cc2N(CC(=O)NCc2ccco2)C1=O. The summed E-state index contributed by atoms with van der Waals surface area (Å²) in [6.45, 7) is 3.25. The maximum Gasteiger partial charge on any atom is 0.271 e. The lowest BCUT2D eigenvalue weighted by Crippen LogP contribution is -2.55. The Morgan fingerprint density at radius 2 is 1.83 bits per heavy atom. The Morgan fingerprint density at radius 3 is 2.53 bits per heavy atom. The van der Waals surface area contributed by atoms with Crippen LogP contribution in [0.15, 0.2) is 63.8 Å². The molecule has 30 heavy (non-hydrogen) atoms. The van der Waals surface area contributed by atoms with Crippen molar-refractivity contribution < 1.29 is 28.0 Å². The summed E-state index contributed by atoms with van der Waals surface area (Å²) in [5.74, 6) is 0.110. The number of nitrogens with one attached hydrogen (secondary N) is 1. The zero-order valence-corrected chi connectivity index (χ0v) is 16.5. The van der Waals surface area contributed by atoms with Crippen LogP contribution in [0.25, 0.3) is 0 Å². The van der Waals surface area contributed by atoms with E-state index < -0.39 is 5.60 Å². The largest absolute Gasteiger partial charge is 0.476 e. The van der Waals surface area contributed by atoms with Gasteiger partial charge in [0.25, 0.3) is 5.91 Å². The number of benzene rings is 1. The first-order valence-corrected chi connectivity index (χ1v) is 9.37. The van der Waals surface area contributed by atoms with E-state index in [-0.39, 0.29) is 36.4 Å². The second kappa shape index (κ2) is 7.55. The number of carbonyl (C=O) groups is 3. The van der Waals surface area contributed by atoms with Crippen LogP contribution in [0.5, 0.6) is 5.75 Å². The Labute approximate surface area is 172 Å². The van der Waals surface area contributed by atoms with E-state index in [0.717, 1.165) is 0 Å².